The van der Waals surface area contributed by atoms with Crippen molar-refractivity contribution in [2.75, 3.05) is 0 Å². The van der Waals surface area contributed by atoms with Crippen LogP contribution in [0.2, 0.25) is 5.02 Å². The van der Waals surface area contributed by atoms with Gasteiger partial charge in [-0.1, -0.05) is 35.9 Å². The van der Waals surface area contributed by atoms with Gasteiger partial charge < -0.3 is 10.4 Å². The van der Waals surface area contributed by atoms with E-state index in [0.29, 0.717) is 17.1 Å². The maximum absolute atomic E-state index is 11.9. The summed E-state index contributed by atoms with van der Waals surface area (Å²) in [6.45, 7) is 0.352. The van der Waals surface area contributed by atoms with E-state index in [1.807, 2.05) is 24.3 Å². The third-order valence-corrected chi connectivity index (χ3v) is 3.09. The zero-order valence-corrected chi connectivity index (χ0v) is 11.0. The van der Waals surface area contributed by atoms with Gasteiger partial charge in [-0.3, -0.25) is 4.79 Å². The van der Waals surface area contributed by atoms with Crippen molar-refractivity contribution >= 4 is 17.5 Å². The number of benzene rings is 2. The highest BCUT2D eigenvalue weighted by Gasteiger charge is 2.06. The highest BCUT2D eigenvalue weighted by molar-refractivity contribution is 6.30. The quantitative estimate of drug-likeness (QED) is 0.901. The van der Waals surface area contributed by atoms with E-state index in [9.17, 15) is 9.90 Å². The summed E-state index contributed by atoms with van der Waals surface area (Å²) < 4.78 is 0. The second kappa shape index (κ2) is 6.36. The van der Waals surface area contributed by atoms with Crippen molar-refractivity contribution in [3.8, 4) is 0 Å². The fourth-order valence-corrected chi connectivity index (χ4v) is 1.89. The van der Waals surface area contributed by atoms with Gasteiger partial charge in [0.2, 0.25) is 0 Å². The third-order valence-electron chi connectivity index (χ3n) is 2.83. The normalized spacial score (nSPS) is 10.2. The van der Waals surface area contributed by atoms with Gasteiger partial charge in [0.15, 0.2) is 0 Å². The second-order valence-corrected chi connectivity index (χ2v) is 4.55. The molecule has 0 saturated carbocycles. The van der Waals surface area contributed by atoms with Crippen molar-refractivity contribution in [1.29, 1.82) is 0 Å². The number of rotatable bonds is 4. The molecule has 0 saturated heterocycles. The standard InChI is InChI=1S/C15H14ClNO2/c16-14-7-5-11(6-8-14)15(19)17-9-12-3-1-2-4-13(12)10-18/h1-8,18H,9-10H2,(H,17,19). The van der Waals surface area contributed by atoms with Gasteiger partial charge in [0.25, 0.3) is 5.91 Å². The fourth-order valence-electron chi connectivity index (χ4n) is 1.76. The van der Waals surface area contributed by atoms with Crippen molar-refractivity contribution in [2.45, 2.75) is 13.2 Å². The number of carbonyl (C=O) groups is 1. The average molecular weight is 276 g/mol. The Bertz CT molecular complexity index is 567. The highest BCUT2D eigenvalue weighted by Crippen LogP contribution is 2.11. The summed E-state index contributed by atoms with van der Waals surface area (Å²) in [5, 5.41) is 12.6. The SMILES string of the molecule is O=C(NCc1ccccc1CO)c1ccc(Cl)cc1. The van der Waals surface area contributed by atoms with Crippen LogP contribution in [0.15, 0.2) is 48.5 Å². The van der Waals surface area contributed by atoms with Crippen LogP contribution in [0.3, 0.4) is 0 Å². The molecule has 2 N–H and O–H groups in total. The molecular formula is C15H14ClNO2. The summed E-state index contributed by atoms with van der Waals surface area (Å²) in [5.41, 5.74) is 2.29. The molecule has 3 nitrogen and oxygen atoms in total. The Morgan fingerprint density at radius 1 is 1.05 bits per heavy atom. The van der Waals surface area contributed by atoms with Gasteiger partial charge in [0.1, 0.15) is 0 Å². The minimum absolute atomic E-state index is 0.0347. The van der Waals surface area contributed by atoms with E-state index >= 15 is 0 Å². The zero-order chi connectivity index (χ0) is 13.7. The Morgan fingerprint density at radius 2 is 1.68 bits per heavy atom. The molecule has 0 aliphatic rings. The van der Waals surface area contributed by atoms with Gasteiger partial charge in [-0.25, -0.2) is 0 Å². The molecule has 0 bridgehead atoms. The van der Waals surface area contributed by atoms with E-state index in [1.165, 1.54) is 0 Å². The van der Waals surface area contributed by atoms with Crippen molar-refractivity contribution in [3.05, 3.63) is 70.2 Å². The Morgan fingerprint density at radius 3 is 2.32 bits per heavy atom. The van der Waals surface area contributed by atoms with Crippen LogP contribution in [0.1, 0.15) is 21.5 Å². The molecule has 2 rings (SSSR count). The van der Waals surface area contributed by atoms with Gasteiger partial charge in [0, 0.05) is 17.1 Å². The minimum atomic E-state index is -0.163. The van der Waals surface area contributed by atoms with Gasteiger partial charge in [-0.2, -0.15) is 0 Å². The van der Waals surface area contributed by atoms with Gasteiger partial charge in [0.05, 0.1) is 6.61 Å². The number of amides is 1. The third kappa shape index (κ3) is 3.56. The molecule has 19 heavy (non-hydrogen) atoms. The van der Waals surface area contributed by atoms with Crippen molar-refractivity contribution in [2.24, 2.45) is 0 Å². The topological polar surface area (TPSA) is 49.3 Å². The Hall–Kier alpha value is -1.84. The first-order valence-corrected chi connectivity index (χ1v) is 6.30. The number of carbonyl (C=O) groups excluding carboxylic acids is 1. The van der Waals surface area contributed by atoms with Gasteiger partial charge in [-0.05, 0) is 35.4 Å². The van der Waals surface area contributed by atoms with Crippen LogP contribution in [-0.2, 0) is 13.2 Å². The number of aliphatic hydroxyl groups is 1. The van der Waals surface area contributed by atoms with E-state index in [1.54, 1.807) is 24.3 Å². The molecule has 98 valence electrons. The zero-order valence-electron chi connectivity index (χ0n) is 10.3. The molecule has 0 atom stereocenters. The summed E-state index contributed by atoms with van der Waals surface area (Å²) >= 11 is 5.77. The van der Waals surface area contributed by atoms with Gasteiger partial charge >= 0.3 is 0 Å². The number of hydrogen-bond acceptors (Lipinski definition) is 2. The molecule has 0 aliphatic carbocycles. The molecule has 4 heteroatoms. The van der Waals surface area contributed by atoms with Gasteiger partial charge in [-0.15, -0.1) is 0 Å². The van der Waals surface area contributed by atoms with Crippen LogP contribution in [0.5, 0.6) is 0 Å². The summed E-state index contributed by atoms with van der Waals surface area (Å²) in [5.74, 6) is -0.163. The lowest BCUT2D eigenvalue weighted by molar-refractivity contribution is 0.0950. The van der Waals surface area contributed by atoms with Crippen molar-refractivity contribution in [3.63, 3.8) is 0 Å². The van der Waals surface area contributed by atoms with E-state index in [0.717, 1.165) is 11.1 Å². The first-order valence-electron chi connectivity index (χ1n) is 5.92. The predicted octanol–water partition coefficient (Wildman–Crippen LogP) is 2.76. The predicted molar refractivity (Wildman–Crippen MR) is 75.0 cm³/mol. The lowest BCUT2D eigenvalue weighted by Crippen LogP contribution is -2.23. The number of hydrogen-bond donors (Lipinski definition) is 2. The summed E-state index contributed by atoms with van der Waals surface area (Å²) in [6.07, 6.45) is 0. The average Bonchev–Trinajstić information content (AvgIpc) is 2.45. The first kappa shape index (κ1) is 13.6. The van der Waals surface area contributed by atoms with Crippen LogP contribution in [0.25, 0.3) is 0 Å². The molecule has 2 aromatic rings. The fraction of sp³-hybridized carbons (Fsp3) is 0.133. The van der Waals surface area contributed by atoms with E-state index in [-0.39, 0.29) is 12.5 Å². The molecule has 0 aromatic heterocycles. The van der Waals surface area contributed by atoms with E-state index in [2.05, 4.69) is 5.32 Å². The first-order chi connectivity index (χ1) is 9.20. The molecule has 0 heterocycles. The van der Waals surface area contributed by atoms with Crippen LogP contribution in [-0.4, -0.2) is 11.0 Å². The molecule has 0 aliphatic heterocycles. The summed E-state index contributed by atoms with van der Waals surface area (Å²) in [4.78, 5) is 11.9. The Kier molecular flexibility index (Phi) is 4.55. The summed E-state index contributed by atoms with van der Waals surface area (Å²) in [6, 6.07) is 14.2. The van der Waals surface area contributed by atoms with E-state index < -0.39 is 0 Å². The molecule has 0 spiro atoms. The lowest BCUT2D eigenvalue weighted by atomic mass is 10.1. The van der Waals surface area contributed by atoms with Crippen LogP contribution >= 0.6 is 11.6 Å². The van der Waals surface area contributed by atoms with Crippen LogP contribution in [0, 0.1) is 0 Å². The number of aliphatic hydroxyl groups excluding tert-OH is 1. The molecule has 2 aromatic carbocycles. The highest BCUT2D eigenvalue weighted by atomic mass is 35.5. The molecule has 1 amide bonds. The van der Waals surface area contributed by atoms with Crippen molar-refractivity contribution < 1.29 is 9.90 Å². The smallest absolute Gasteiger partial charge is 0.251 e. The number of nitrogens with one attached hydrogen (secondary N) is 1. The molecule has 0 radical (unpaired) electrons. The Labute approximate surface area is 116 Å². The maximum atomic E-state index is 11.9. The van der Waals surface area contributed by atoms with Crippen LogP contribution in [0.4, 0.5) is 0 Å². The minimum Gasteiger partial charge on any atom is -0.392 e. The summed E-state index contributed by atoms with van der Waals surface area (Å²) in [7, 11) is 0. The number of halogens is 1. The monoisotopic (exact) mass is 275 g/mol. The molecular weight excluding hydrogens is 262 g/mol. The second-order valence-electron chi connectivity index (χ2n) is 4.12. The van der Waals surface area contributed by atoms with Crippen LogP contribution < -0.4 is 5.32 Å². The maximum Gasteiger partial charge on any atom is 0.251 e. The molecule has 0 fully saturated rings. The van der Waals surface area contributed by atoms with E-state index in [4.69, 9.17) is 11.6 Å². The largest absolute Gasteiger partial charge is 0.392 e. The Balaban J connectivity index is 2.02. The van der Waals surface area contributed by atoms with Crippen molar-refractivity contribution in [1.82, 2.24) is 5.32 Å². The lowest BCUT2D eigenvalue weighted by Gasteiger charge is -2.09. The molecule has 0 unspecified atom stereocenters.